The monoisotopic (exact) mass is 547 g/mol. The van der Waals surface area contributed by atoms with Gasteiger partial charge in [0, 0.05) is 77.4 Å². The highest BCUT2D eigenvalue weighted by Crippen LogP contribution is 2.24. The number of anilines is 4. The first-order chi connectivity index (χ1) is 18.7. The molecule has 1 aliphatic rings. The number of pyridine rings is 1. The number of amides is 1. The van der Waals surface area contributed by atoms with Crippen LogP contribution in [0.2, 0.25) is 5.02 Å². The Morgan fingerprint density at radius 1 is 0.921 bits per heavy atom. The van der Waals surface area contributed by atoms with Crippen molar-refractivity contribution in [1.82, 2.24) is 19.9 Å². The van der Waals surface area contributed by atoms with Crippen molar-refractivity contribution in [3.8, 4) is 0 Å². The van der Waals surface area contributed by atoms with E-state index < -0.39 is 0 Å². The van der Waals surface area contributed by atoms with Crippen LogP contribution in [-0.2, 0) is 0 Å². The molecule has 10 heteroatoms. The molecule has 3 heterocycles. The minimum atomic E-state index is 0.0912. The molecule has 8 nitrogen and oxygen atoms in total. The Morgan fingerprint density at radius 3 is 2.50 bits per heavy atom. The fraction of sp³-hybridized carbons (Fsp3) is 0.286. The molecule has 0 atom stereocenters. The molecule has 1 amide bonds. The summed E-state index contributed by atoms with van der Waals surface area (Å²) in [5.74, 6) is 3.37. The second-order valence-electron chi connectivity index (χ2n) is 8.95. The summed E-state index contributed by atoms with van der Waals surface area (Å²) in [4.78, 5) is 27.9. The topological polar surface area (TPSA) is 95.1 Å². The van der Waals surface area contributed by atoms with Crippen LogP contribution >= 0.6 is 23.4 Å². The maximum Gasteiger partial charge on any atom is 0.253 e. The van der Waals surface area contributed by atoms with Gasteiger partial charge in [-0.3, -0.25) is 9.78 Å². The third-order valence-corrected chi connectivity index (χ3v) is 7.45. The van der Waals surface area contributed by atoms with E-state index in [2.05, 4.69) is 30.9 Å². The summed E-state index contributed by atoms with van der Waals surface area (Å²) in [5, 5.41) is 11.9. The molecule has 0 spiro atoms. The molecule has 2 aromatic carbocycles. The van der Waals surface area contributed by atoms with Crippen molar-refractivity contribution in [2.45, 2.75) is 12.8 Å². The molecule has 196 valence electrons. The highest BCUT2D eigenvalue weighted by Gasteiger charge is 2.18. The smallest absolute Gasteiger partial charge is 0.253 e. The van der Waals surface area contributed by atoms with Crippen LogP contribution in [0, 0.1) is 0 Å². The highest BCUT2D eigenvalue weighted by atomic mass is 35.5. The molecule has 1 aliphatic heterocycles. The van der Waals surface area contributed by atoms with Crippen LogP contribution in [0.5, 0.6) is 0 Å². The lowest BCUT2D eigenvalue weighted by Crippen LogP contribution is -2.37. The van der Waals surface area contributed by atoms with Crippen molar-refractivity contribution in [1.29, 1.82) is 0 Å². The number of carbonyl (C=O) groups is 1. The molecule has 3 N–H and O–H groups in total. The third-order valence-electron chi connectivity index (χ3n) is 6.27. The number of halogens is 1. The lowest BCUT2D eigenvalue weighted by Gasteiger charge is -2.26. The van der Waals surface area contributed by atoms with Crippen LogP contribution in [0.3, 0.4) is 0 Å². The van der Waals surface area contributed by atoms with Gasteiger partial charge in [0.15, 0.2) is 0 Å². The largest absolute Gasteiger partial charge is 0.384 e. The molecule has 0 bridgehead atoms. The highest BCUT2D eigenvalue weighted by molar-refractivity contribution is 7.99. The van der Waals surface area contributed by atoms with E-state index in [0.717, 1.165) is 78.6 Å². The van der Waals surface area contributed by atoms with Gasteiger partial charge >= 0.3 is 0 Å². The van der Waals surface area contributed by atoms with Gasteiger partial charge in [-0.25, -0.2) is 4.98 Å². The van der Waals surface area contributed by atoms with Crippen LogP contribution < -0.4 is 16.0 Å². The Labute approximate surface area is 231 Å². The number of nitrogens with one attached hydrogen (secondary N) is 3. The van der Waals surface area contributed by atoms with Crippen molar-refractivity contribution >= 4 is 63.3 Å². The zero-order chi connectivity index (χ0) is 26.2. The lowest BCUT2D eigenvalue weighted by molar-refractivity contribution is 0.0772. The Balaban J connectivity index is 1.06. The number of fused-ring (bicyclic) bond motifs is 1. The van der Waals surface area contributed by atoms with Gasteiger partial charge in [-0.1, -0.05) is 11.6 Å². The van der Waals surface area contributed by atoms with Crippen LogP contribution in [0.25, 0.3) is 10.9 Å². The first kappa shape index (κ1) is 26.1. The maximum absolute atomic E-state index is 12.7. The Bertz CT molecular complexity index is 1380. The predicted octanol–water partition coefficient (Wildman–Crippen LogP) is 5.92. The summed E-state index contributed by atoms with van der Waals surface area (Å²) >= 11 is 7.97. The molecular weight excluding hydrogens is 518 g/mol. The molecular formula is C28H30ClN7OS. The number of thioether (sulfide) groups is 1. The molecule has 0 saturated carbocycles. The summed E-state index contributed by atoms with van der Waals surface area (Å²) in [6.07, 6.45) is 5.51. The van der Waals surface area contributed by atoms with Crippen LogP contribution in [-0.4, -0.2) is 63.4 Å². The molecule has 0 unspecified atom stereocenters. The van der Waals surface area contributed by atoms with E-state index in [1.165, 1.54) is 0 Å². The van der Waals surface area contributed by atoms with Gasteiger partial charge in [0.1, 0.15) is 5.82 Å². The number of hydrogen-bond donors (Lipinski definition) is 3. The van der Waals surface area contributed by atoms with Gasteiger partial charge in [-0.05, 0) is 67.4 Å². The average Bonchev–Trinajstić information content (AvgIpc) is 2.95. The maximum atomic E-state index is 12.7. The summed E-state index contributed by atoms with van der Waals surface area (Å²) in [6.45, 7) is 3.28. The van der Waals surface area contributed by atoms with Gasteiger partial charge in [-0.2, -0.15) is 16.7 Å². The van der Waals surface area contributed by atoms with Crippen molar-refractivity contribution in [3.63, 3.8) is 0 Å². The first-order valence-electron chi connectivity index (χ1n) is 12.7. The molecule has 4 aromatic rings. The summed E-state index contributed by atoms with van der Waals surface area (Å²) in [6, 6.07) is 17.1. The van der Waals surface area contributed by atoms with E-state index in [1.807, 2.05) is 71.3 Å². The number of hydrogen-bond acceptors (Lipinski definition) is 8. The predicted molar refractivity (Wildman–Crippen MR) is 158 cm³/mol. The van der Waals surface area contributed by atoms with Crippen molar-refractivity contribution in [2.75, 3.05) is 53.6 Å². The second-order valence-corrected chi connectivity index (χ2v) is 10.6. The van der Waals surface area contributed by atoms with E-state index in [9.17, 15) is 4.79 Å². The minimum Gasteiger partial charge on any atom is -0.384 e. The van der Waals surface area contributed by atoms with Crippen molar-refractivity contribution in [3.05, 3.63) is 77.6 Å². The molecule has 38 heavy (non-hydrogen) atoms. The number of benzene rings is 2. The van der Waals surface area contributed by atoms with Gasteiger partial charge < -0.3 is 20.9 Å². The summed E-state index contributed by atoms with van der Waals surface area (Å²) < 4.78 is 0. The Hall–Kier alpha value is -3.56. The molecule has 1 saturated heterocycles. The number of rotatable bonds is 10. The Kier molecular flexibility index (Phi) is 8.78. The third kappa shape index (κ3) is 6.85. The minimum absolute atomic E-state index is 0.0912. The van der Waals surface area contributed by atoms with Crippen LogP contribution in [0.4, 0.5) is 23.1 Å². The lowest BCUT2D eigenvalue weighted by atomic mass is 10.2. The molecule has 0 radical (unpaired) electrons. The van der Waals surface area contributed by atoms with E-state index in [-0.39, 0.29) is 5.91 Å². The SMILES string of the molecule is O=C(c1ccc(Nc2nccc(NCCCCNc3ccnc4cc(Cl)ccc34)n2)cc1)N1CCSCC1. The normalized spacial score (nSPS) is 13.3. The number of aromatic nitrogens is 3. The van der Waals surface area contributed by atoms with E-state index >= 15 is 0 Å². The van der Waals surface area contributed by atoms with Crippen LogP contribution in [0.1, 0.15) is 23.2 Å². The van der Waals surface area contributed by atoms with Gasteiger partial charge in [0.05, 0.1) is 5.52 Å². The summed E-state index contributed by atoms with van der Waals surface area (Å²) in [7, 11) is 0. The average molecular weight is 548 g/mol. The van der Waals surface area contributed by atoms with E-state index in [0.29, 0.717) is 16.5 Å². The number of unbranched alkanes of at least 4 members (excludes halogenated alkanes) is 1. The van der Waals surface area contributed by atoms with E-state index in [1.54, 1.807) is 12.4 Å². The van der Waals surface area contributed by atoms with Crippen LogP contribution in [0.15, 0.2) is 67.0 Å². The fourth-order valence-electron chi connectivity index (χ4n) is 4.26. The number of nitrogens with zero attached hydrogens (tertiary/aromatic N) is 4. The van der Waals surface area contributed by atoms with Gasteiger partial charge in [-0.15, -0.1) is 0 Å². The van der Waals surface area contributed by atoms with Crippen molar-refractivity contribution in [2.24, 2.45) is 0 Å². The van der Waals surface area contributed by atoms with Gasteiger partial charge in [0.2, 0.25) is 5.95 Å². The molecule has 5 rings (SSSR count). The fourth-order valence-corrected chi connectivity index (χ4v) is 5.33. The quantitative estimate of drug-likeness (QED) is 0.211. The molecule has 0 aliphatic carbocycles. The molecule has 1 fully saturated rings. The second kappa shape index (κ2) is 12.8. The molecule has 2 aromatic heterocycles. The standard InChI is InChI=1S/C28H30ClN7OS/c29-21-5-8-23-24(9-13-31-25(23)19-21)30-11-1-2-12-32-26-10-14-33-28(35-26)34-22-6-3-20(4-7-22)27(37)36-15-17-38-18-16-36/h3-10,13-14,19H,1-2,11-12,15-18H2,(H,30,31)(H2,32,33,34,35). The zero-order valence-electron chi connectivity index (χ0n) is 21.0. The summed E-state index contributed by atoms with van der Waals surface area (Å²) in [5.41, 5.74) is 3.49. The Morgan fingerprint density at radius 2 is 1.68 bits per heavy atom. The first-order valence-corrected chi connectivity index (χ1v) is 14.3. The number of carbonyl (C=O) groups excluding carboxylic acids is 1. The van der Waals surface area contributed by atoms with Crippen molar-refractivity contribution < 1.29 is 4.79 Å². The van der Waals surface area contributed by atoms with E-state index in [4.69, 9.17) is 11.6 Å². The zero-order valence-corrected chi connectivity index (χ0v) is 22.6. The van der Waals surface area contributed by atoms with Gasteiger partial charge in [0.25, 0.3) is 5.91 Å².